The van der Waals surface area contributed by atoms with Crippen molar-refractivity contribution in [3.8, 4) is 11.5 Å². The van der Waals surface area contributed by atoms with Gasteiger partial charge in [-0.25, -0.2) is 0 Å². The summed E-state index contributed by atoms with van der Waals surface area (Å²) in [5.41, 5.74) is 2.57. The smallest absolute Gasteiger partial charge is 0.387 e. The number of ether oxygens (including phenoxy) is 2. The van der Waals surface area contributed by atoms with Crippen molar-refractivity contribution >= 4 is 17.9 Å². The highest BCUT2D eigenvalue weighted by atomic mass is 19.3. The Bertz CT molecular complexity index is 836. The molecule has 0 amide bonds. The number of alkyl halides is 2. The van der Waals surface area contributed by atoms with Gasteiger partial charge in [0.15, 0.2) is 0 Å². The lowest BCUT2D eigenvalue weighted by Gasteiger charge is -2.09. The average molecular weight is 383 g/mol. The van der Waals surface area contributed by atoms with Crippen LogP contribution in [0.3, 0.4) is 0 Å². The number of aliphatic imine (C=N–C) groups is 1. The predicted octanol–water partition coefficient (Wildman–Crippen LogP) is 6.39. The highest BCUT2D eigenvalue weighted by Crippen LogP contribution is 2.19. The minimum absolute atomic E-state index is 0.117. The fourth-order valence-corrected chi connectivity index (χ4v) is 2.26. The first-order chi connectivity index (χ1) is 13.4. The summed E-state index contributed by atoms with van der Waals surface area (Å²) < 4.78 is 34.2. The summed E-state index contributed by atoms with van der Waals surface area (Å²) >= 11 is 0. The lowest BCUT2D eigenvalue weighted by molar-refractivity contribution is -0.0498. The fraction of sp³-hybridized carbons (Fsp3) is 0.174. The summed E-state index contributed by atoms with van der Waals surface area (Å²) in [4.78, 5) is 4.18. The van der Waals surface area contributed by atoms with E-state index in [4.69, 9.17) is 4.74 Å². The van der Waals surface area contributed by atoms with Crippen molar-refractivity contribution in [2.24, 2.45) is 4.99 Å². The van der Waals surface area contributed by atoms with E-state index in [0.29, 0.717) is 0 Å². The van der Waals surface area contributed by atoms with Gasteiger partial charge < -0.3 is 9.47 Å². The molecule has 2 aromatic rings. The molecule has 0 bridgehead atoms. The van der Waals surface area contributed by atoms with Crippen molar-refractivity contribution in [1.29, 1.82) is 0 Å². The molecule has 0 fully saturated rings. The minimum atomic E-state index is -2.83. The summed E-state index contributed by atoms with van der Waals surface area (Å²) in [6.45, 7) is 5.09. The Hall–Kier alpha value is -3.21. The lowest BCUT2D eigenvalue weighted by Crippen LogP contribution is -2.05. The largest absolute Gasteiger partial charge is 0.491 e. The molecule has 0 unspecified atom stereocenters. The van der Waals surface area contributed by atoms with Crippen LogP contribution in [0.2, 0.25) is 0 Å². The molecule has 3 nitrogen and oxygen atoms in total. The molecule has 2 aromatic carbocycles. The molecule has 0 aliphatic rings. The van der Waals surface area contributed by atoms with Gasteiger partial charge in [0.2, 0.25) is 0 Å². The second-order valence-corrected chi connectivity index (χ2v) is 6.14. The van der Waals surface area contributed by atoms with Gasteiger partial charge in [-0.1, -0.05) is 36.9 Å². The summed E-state index contributed by atoms with van der Waals surface area (Å²) in [6, 6.07) is 14.1. The third kappa shape index (κ3) is 7.58. The van der Waals surface area contributed by atoms with Gasteiger partial charge in [-0.15, -0.1) is 0 Å². The molecule has 28 heavy (non-hydrogen) atoms. The normalized spacial score (nSPS) is 11.9. The van der Waals surface area contributed by atoms with Gasteiger partial charge in [0.05, 0.1) is 6.10 Å². The zero-order valence-corrected chi connectivity index (χ0v) is 15.9. The van der Waals surface area contributed by atoms with Crippen molar-refractivity contribution < 1.29 is 18.3 Å². The third-order valence-electron chi connectivity index (χ3n) is 3.52. The van der Waals surface area contributed by atoms with Crippen LogP contribution in [-0.4, -0.2) is 18.9 Å². The molecule has 0 N–H and O–H groups in total. The minimum Gasteiger partial charge on any atom is -0.491 e. The molecule has 146 valence electrons. The Labute approximate surface area is 164 Å². The Balaban J connectivity index is 1.83. The first-order valence-electron chi connectivity index (χ1n) is 8.81. The molecule has 0 saturated carbocycles. The number of halogens is 2. The van der Waals surface area contributed by atoms with Gasteiger partial charge >= 0.3 is 6.61 Å². The summed E-state index contributed by atoms with van der Waals surface area (Å²) in [6.07, 6.45) is 8.93. The molecule has 0 aliphatic heterocycles. The van der Waals surface area contributed by atoms with E-state index in [-0.39, 0.29) is 11.9 Å². The zero-order chi connectivity index (χ0) is 20.4. The highest BCUT2D eigenvalue weighted by molar-refractivity contribution is 5.80. The van der Waals surface area contributed by atoms with E-state index in [9.17, 15) is 8.78 Å². The first kappa shape index (κ1) is 21.1. The van der Waals surface area contributed by atoms with E-state index in [2.05, 4.69) is 16.3 Å². The predicted molar refractivity (Wildman–Crippen MR) is 111 cm³/mol. The van der Waals surface area contributed by atoms with E-state index >= 15 is 0 Å². The van der Waals surface area contributed by atoms with Crippen LogP contribution in [0, 0.1) is 0 Å². The second-order valence-electron chi connectivity index (χ2n) is 6.14. The SMILES string of the molecule is C=C(\C=C/C=N/C=C/c1ccc(OC(C)C)cc1)c1ccc(OC(F)F)cc1. The molecule has 2 rings (SSSR count). The van der Waals surface area contributed by atoms with E-state index in [0.717, 1.165) is 22.4 Å². The molecule has 0 atom stereocenters. The van der Waals surface area contributed by atoms with Gasteiger partial charge in [0.25, 0.3) is 0 Å². The number of nitrogens with zero attached hydrogens (tertiary/aromatic N) is 1. The van der Waals surface area contributed by atoms with E-state index in [1.165, 1.54) is 12.1 Å². The molecular weight excluding hydrogens is 360 g/mol. The Morgan fingerprint density at radius 2 is 1.57 bits per heavy atom. The number of rotatable bonds is 9. The number of hydrogen-bond donors (Lipinski definition) is 0. The summed E-state index contributed by atoms with van der Waals surface area (Å²) in [5.74, 6) is 0.955. The molecule has 0 aromatic heterocycles. The van der Waals surface area contributed by atoms with Gasteiger partial charge in [0, 0.05) is 12.4 Å². The van der Waals surface area contributed by atoms with Crippen molar-refractivity contribution in [2.75, 3.05) is 0 Å². The van der Waals surface area contributed by atoms with Crippen LogP contribution >= 0.6 is 0 Å². The van der Waals surface area contributed by atoms with Gasteiger partial charge in [-0.2, -0.15) is 8.78 Å². The average Bonchev–Trinajstić information content (AvgIpc) is 2.65. The third-order valence-corrected chi connectivity index (χ3v) is 3.52. The lowest BCUT2D eigenvalue weighted by atomic mass is 10.1. The maximum Gasteiger partial charge on any atom is 0.387 e. The van der Waals surface area contributed by atoms with Crippen LogP contribution in [0.1, 0.15) is 25.0 Å². The maximum atomic E-state index is 12.1. The first-order valence-corrected chi connectivity index (χ1v) is 8.81. The summed E-state index contributed by atoms with van der Waals surface area (Å²) in [7, 11) is 0. The summed E-state index contributed by atoms with van der Waals surface area (Å²) in [5, 5.41) is 0. The van der Waals surface area contributed by atoms with Crippen LogP contribution in [0.5, 0.6) is 11.5 Å². The molecular formula is C23H23F2NO2. The van der Waals surface area contributed by atoms with Gasteiger partial charge in [-0.05, 0) is 67.0 Å². The van der Waals surface area contributed by atoms with Crippen molar-refractivity contribution in [2.45, 2.75) is 26.6 Å². The van der Waals surface area contributed by atoms with Crippen molar-refractivity contribution in [3.63, 3.8) is 0 Å². The van der Waals surface area contributed by atoms with Crippen LogP contribution in [-0.2, 0) is 0 Å². The van der Waals surface area contributed by atoms with Crippen LogP contribution in [0.25, 0.3) is 11.6 Å². The van der Waals surface area contributed by atoms with Crippen LogP contribution in [0.15, 0.2) is 78.5 Å². The Morgan fingerprint density at radius 1 is 0.964 bits per heavy atom. The number of allylic oxidation sites excluding steroid dienone is 3. The molecule has 0 saturated heterocycles. The monoisotopic (exact) mass is 383 g/mol. The van der Waals surface area contributed by atoms with Crippen molar-refractivity contribution in [1.82, 2.24) is 0 Å². The number of hydrogen-bond acceptors (Lipinski definition) is 3. The van der Waals surface area contributed by atoms with Crippen LogP contribution in [0.4, 0.5) is 8.78 Å². The topological polar surface area (TPSA) is 30.8 Å². The molecule has 0 aliphatic carbocycles. The number of benzene rings is 2. The second kappa shape index (κ2) is 10.8. The molecule has 0 heterocycles. The molecule has 0 spiro atoms. The van der Waals surface area contributed by atoms with E-state index in [1.807, 2.05) is 44.2 Å². The molecule has 0 radical (unpaired) electrons. The Kier molecular flexibility index (Phi) is 8.15. The van der Waals surface area contributed by atoms with Crippen LogP contribution < -0.4 is 9.47 Å². The Morgan fingerprint density at radius 3 is 2.18 bits per heavy atom. The quantitative estimate of drug-likeness (QED) is 0.371. The van der Waals surface area contributed by atoms with E-state index in [1.54, 1.807) is 36.7 Å². The van der Waals surface area contributed by atoms with Gasteiger partial charge in [0.1, 0.15) is 11.5 Å². The van der Waals surface area contributed by atoms with Gasteiger partial charge in [-0.3, -0.25) is 4.99 Å². The van der Waals surface area contributed by atoms with E-state index < -0.39 is 6.61 Å². The zero-order valence-electron chi connectivity index (χ0n) is 15.9. The standard InChI is InChI=1S/C23H23F2NO2/c1-17(2)27-21-10-6-19(7-11-21)14-16-26-15-4-5-18(3)20-8-12-22(13-9-20)28-23(24)25/h4-17,23H,3H2,1-2H3/b5-4-,16-14+,26-15+. The maximum absolute atomic E-state index is 12.1. The van der Waals surface area contributed by atoms with Crippen molar-refractivity contribution in [3.05, 3.63) is 84.6 Å². The fourth-order valence-electron chi connectivity index (χ4n) is 2.26. The highest BCUT2D eigenvalue weighted by Gasteiger charge is 2.03. The molecule has 5 heteroatoms.